The van der Waals surface area contributed by atoms with Gasteiger partial charge in [0.05, 0.1) is 0 Å². The maximum atomic E-state index is 11.4. The maximum absolute atomic E-state index is 11.4. The molecule has 1 amide bonds. The lowest BCUT2D eigenvalue weighted by molar-refractivity contribution is -0.127. The van der Waals surface area contributed by atoms with Gasteiger partial charge in [0.15, 0.2) is 0 Å². The summed E-state index contributed by atoms with van der Waals surface area (Å²) < 4.78 is 0. The van der Waals surface area contributed by atoms with E-state index in [1.54, 1.807) is 11.1 Å². The first-order valence-corrected chi connectivity index (χ1v) is 6.01. The second-order valence-electron chi connectivity index (χ2n) is 4.05. The summed E-state index contributed by atoms with van der Waals surface area (Å²) in [4.78, 5) is 13.1. The van der Waals surface area contributed by atoms with Gasteiger partial charge in [-0.05, 0) is 31.4 Å². The highest BCUT2D eigenvalue weighted by molar-refractivity contribution is 5.76. The molecule has 0 aromatic rings. The molecule has 0 aliphatic heterocycles. The fourth-order valence-corrected chi connectivity index (χ4v) is 1.84. The minimum Gasteiger partial charge on any atom is -0.316 e. The fraction of sp³-hybridized carbons (Fsp3) is 0.500. The highest BCUT2D eigenvalue weighted by atomic mass is 16.2. The average Bonchev–Trinajstić information content (AvgIpc) is 2.35. The molecular formula is C14H21NO. The van der Waals surface area contributed by atoms with Crippen molar-refractivity contribution in [3.8, 4) is 0 Å². The molecule has 2 heteroatoms. The molecule has 1 aliphatic carbocycles. The molecule has 0 N–H and O–H groups in total. The molecular weight excluding hydrogens is 198 g/mol. The summed E-state index contributed by atoms with van der Waals surface area (Å²) in [5.74, 6) is 0.775. The SMILES string of the molecule is C=CN(C/C=C\C1CC=CCC1)C(=O)CC. The molecule has 1 atom stereocenters. The van der Waals surface area contributed by atoms with Gasteiger partial charge in [-0.25, -0.2) is 0 Å². The molecule has 0 bridgehead atoms. The van der Waals surface area contributed by atoms with E-state index in [0.717, 1.165) is 6.42 Å². The third-order valence-electron chi connectivity index (χ3n) is 2.86. The second-order valence-corrected chi connectivity index (χ2v) is 4.05. The molecule has 0 aromatic heterocycles. The lowest BCUT2D eigenvalue weighted by Gasteiger charge is -2.16. The van der Waals surface area contributed by atoms with Gasteiger partial charge < -0.3 is 4.90 Å². The topological polar surface area (TPSA) is 20.3 Å². The number of hydrogen-bond donors (Lipinski definition) is 0. The van der Waals surface area contributed by atoms with Crippen LogP contribution in [0, 0.1) is 5.92 Å². The second kappa shape index (κ2) is 7.04. The van der Waals surface area contributed by atoms with E-state index in [9.17, 15) is 4.79 Å². The molecule has 0 saturated carbocycles. The van der Waals surface area contributed by atoms with Gasteiger partial charge in [0.25, 0.3) is 0 Å². The van der Waals surface area contributed by atoms with Crippen LogP contribution >= 0.6 is 0 Å². The van der Waals surface area contributed by atoms with Crippen molar-refractivity contribution < 1.29 is 4.79 Å². The van der Waals surface area contributed by atoms with E-state index in [-0.39, 0.29) is 5.91 Å². The van der Waals surface area contributed by atoms with Crippen molar-refractivity contribution in [1.82, 2.24) is 4.90 Å². The Morgan fingerprint density at radius 1 is 1.56 bits per heavy atom. The maximum Gasteiger partial charge on any atom is 0.226 e. The fourth-order valence-electron chi connectivity index (χ4n) is 1.84. The minimum absolute atomic E-state index is 0.128. The third-order valence-corrected chi connectivity index (χ3v) is 2.86. The molecule has 1 rings (SSSR count). The van der Waals surface area contributed by atoms with E-state index >= 15 is 0 Å². The monoisotopic (exact) mass is 219 g/mol. The van der Waals surface area contributed by atoms with Gasteiger partial charge in [0.2, 0.25) is 5.91 Å². The summed E-state index contributed by atoms with van der Waals surface area (Å²) in [6, 6.07) is 0. The molecule has 0 radical (unpaired) electrons. The number of carbonyl (C=O) groups excluding carboxylic acids is 1. The Balaban J connectivity index is 2.36. The normalized spacial score (nSPS) is 19.9. The van der Waals surface area contributed by atoms with Crippen LogP contribution in [0.15, 0.2) is 37.1 Å². The molecule has 1 aliphatic rings. The number of allylic oxidation sites excluding steroid dienone is 3. The number of nitrogens with zero attached hydrogens (tertiary/aromatic N) is 1. The van der Waals surface area contributed by atoms with Crippen LogP contribution in [0.1, 0.15) is 32.6 Å². The van der Waals surface area contributed by atoms with Crippen LogP contribution in [0.2, 0.25) is 0 Å². The van der Waals surface area contributed by atoms with E-state index in [1.165, 1.54) is 12.8 Å². The van der Waals surface area contributed by atoms with Crippen molar-refractivity contribution in [3.63, 3.8) is 0 Å². The Hall–Kier alpha value is -1.31. The molecule has 16 heavy (non-hydrogen) atoms. The number of rotatable bonds is 5. The lowest BCUT2D eigenvalue weighted by atomic mass is 9.94. The van der Waals surface area contributed by atoms with Crippen LogP contribution in [0.25, 0.3) is 0 Å². The smallest absolute Gasteiger partial charge is 0.226 e. The average molecular weight is 219 g/mol. The Morgan fingerprint density at radius 2 is 2.38 bits per heavy atom. The van der Waals surface area contributed by atoms with Gasteiger partial charge in [0.1, 0.15) is 0 Å². The van der Waals surface area contributed by atoms with Crippen molar-refractivity contribution in [2.75, 3.05) is 6.54 Å². The van der Waals surface area contributed by atoms with Gasteiger partial charge in [-0.1, -0.05) is 37.8 Å². The Morgan fingerprint density at radius 3 is 2.94 bits per heavy atom. The van der Waals surface area contributed by atoms with E-state index in [0.29, 0.717) is 18.9 Å². The van der Waals surface area contributed by atoms with E-state index in [4.69, 9.17) is 0 Å². The van der Waals surface area contributed by atoms with Gasteiger partial charge in [-0.3, -0.25) is 4.79 Å². The first-order valence-electron chi connectivity index (χ1n) is 6.01. The zero-order valence-corrected chi connectivity index (χ0v) is 10.1. The predicted molar refractivity (Wildman–Crippen MR) is 67.8 cm³/mol. The lowest BCUT2D eigenvalue weighted by Crippen LogP contribution is -2.24. The highest BCUT2D eigenvalue weighted by Gasteiger charge is 2.07. The Bertz CT molecular complexity index is 291. The molecule has 0 saturated heterocycles. The van der Waals surface area contributed by atoms with Gasteiger partial charge in [0, 0.05) is 13.0 Å². The summed E-state index contributed by atoms with van der Waals surface area (Å²) in [5.41, 5.74) is 0. The summed E-state index contributed by atoms with van der Waals surface area (Å²) in [7, 11) is 0. The van der Waals surface area contributed by atoms with Crippen LogP contribution in [-0.4, -0.2) is 17.4 Å². The van der Waals surface area contributed by atoms with Crippen LogP contribution in [0.3, 0.4) is 0 Å². The van der Waals surface area contributed by atoms with E-state index < -0.39 is 0 Å². The molecule has 88 valence electrons. The van der Waals surface area contributed by atoms with Crippen molar-refractivity contribution in [2.45, 2.75) is 32.6 Å². The summed E-state index contributed by atoms with van der Waals surface area (Å²) >= 11 is 0. The van der Waals surface area contributed by atoms with Gasteiger partial charge in [-0.2, -0.15) is 0 Å². The molecule has 2 nitrogen and oxygen atoms in total. The first kappa shape index (κ1) is 12.8. The van der Waals surface area contributed by atoms with Crippen molar-refractivity contribution in [3.05, 3.63) is 37.1 Å². The standard InChI is InChI=1S/C14H21NO/c1-3-14(16)15(4-2)12-8-11-13-9-6-5-7-10-13/h4-6,8,11,13H,2-3,7,9-10,12H2,1H3/b11-8-. The van der Waals surface area contributed by atoms with E-state index in [2.05, 4.69) is 30.9 Å². The number of amides is 1. The van der Waals surface area contributed by atoms with Crippen LogP contribution in [0.4, 0.5) is 0 Å². The quantitative estimate of drug-likeness (QED) is 0.650. The summed E-state index contributed by atoms with van der Waals surface area (Å²) in [5, 5.41) is 0. The Labute approximate surface area is 98.3 Å². The third kappa shape index (κ3) is 4.05. The van der Waals surface area contributed by atoms with Crippen LogP contribution < -0.4 is 0 Å². The number of carbonyl (C=O) groups is 1. The molecule has 0 aromatic carbocycles. The number of hydrogen-bond acceptors (Lipinski definition) is 1. The van der Waals surface area contributed by atoms with E-state index in [1.807, 2.05) is 6.92 Å². The van der Waals surface area contributed by atoms with Crippen molar-refractivity contribution in [2.24, 2.45) is 5.92 Å². The largest absolute Gasteiger partial charge is 0.316 e. The van der Waals surface area contributed by atoms with Crippen molar-refractivity contribution >= 4 is 5.91 Å². The minimum atomic E-state index is 0.128. The molecule has 0 heterocycles. The zero-order chi connectivity index (χ0) is 11.8. The van der Waals surface area contributed by atoms with Crippen LogP contribution in [0.5, 0.6) is 0 Å². The van der Waals surface area contributed by atoms with Crippen LogP contribution in [-0.2, 0) is 4.79 Å². The Kier molecular flexibility index (Phi) is 5.62. The predicted octanol–water partition coefficient (Wildman–Crippen LogP) is 3.28. The first-order chi connectivity index (χ1) is 7.77. The van der Waals surface area contributed by atoms with Gasteiger partial charge >= 0.3 is 0 Å². The molecule has 0 spiro atoms. The zero-order valence-electron chi connectivity index (χ0n) is 10.1. The highest BCUT2D eigenvalue weighted by Crippen LogP contribution is 2.19. The summed E-state index contributed by atoms with van der Waals surface area (Å²) in [6.07, 6.45) is 14.5. The molecule has 0 fully saturated rings. The van der Waals surface area contributed by atoms with Gasteiger partial charge in [-0.15, -0.1) is 0 Å². The van der Waals surface area contributed by atoms with Crippen molar-refractivity contribution in [1.29, 1.82) is 0 Å². The molecule has 1 unspecified atom stereocenters. The summed E-state index contributed by atoms with van der Waals surface area (Å²) in [6.45, 7) is 6.17.